The van der Waals surface area contributed by atoms with Crippen LogP contribution >= 0.6 is 0 Å². The average molecular weight is 351 g/mol. The molecule has 0 aliphatic rings. The van der Waals surface area contributed by atoms with Gasteiger partial charge in [0.05, 0.1) is 6.61 Å². The molecule has 0 bridgehead atoms. The number of amides is 1. The normalized spacial score (nSPS) is 11.6. The van der Waals surface area contributed by atoms with Crippen LogP contribution in [0.4, 0.5) is 0 Å². The fourth-order valence-electron chi connectivity index (χ4n) is 1.68. The number of hydrogen-bond donors (Lipinski definition) is 3. The summed E-state index contributed by atoms with van der Waals surface area (Å²) in [4.78, 5) is 44.5. The van der Waals surface area contributed by atoms with Gasteiger partial charge in [-0.05, 0) is 23.8 Å². The van der Waals surface area contributed by atoms with Gasteiger partial charge in [-0.15, -0.1) is 0 Å². The quantitative estimate of drug-likeness (QED) is 0.357. The number of nitrogens with one attached hydrogen (secondary N) is 1. The van der Waals surface area contributed by atoms with Crippen LogP contribution in [-0.4, -0.2) is 46.7 Å². The number of hydrogen-bond acceptors (Lipinski definition) is 7. The first-order valence-corrected chi connectivity index (χ1v) is 7.06. The molecule has 9 nitrogen and oxygen atoms in total. The SMILES string of the molecule is CC(=O)Oc1ccc(C=CC(=O)N[C@@H](CO)C(=O)O)cc1OC(C)=O. The molecule has 3 N–H and O–H groups in total. The Kier molecular flexibility index (Phi) is 7.29. The van der Waals surface area contributed by atoms with E-state index in [1.165, 1.54) is 38.1 Å². The molecule has 0 aromatic heterocycles. The lowest BCUT2D eigenvalue weighted by Crippen LogP contribution is -2.42. The summed E-state index contributed by atoms with van der Waals surface area (Å²) in [7, 11) is 0. The van der Waals surface area contributed by atoms with E-state index in [1.807, 2.05) is 0 Å². The van der Waals surface area contributed by atoms with Crippen LogP contribution in [0.25, 0.3) is 6.08 Å². The van der Waals surface area contributed by atoms with Crippen molar-refractivity contribution in [1.82, 2.24) is 5.32 Å². The third-order valence-electron chi connectivity index (χ3n) is 2.70. The van der Waals surface area contributed by atoms with Crippen LogP contribution in [0.1, 0.15) is 19.4 Å². The van der Waals surface area contributed by atoms with Crippen LogP contribution < -0.4 is 14.8 Å². The predicted octanol–water partition coefficient (Wildman–Crippen LogP) is 0.112. The first-order valence-electron chi connectivity index (χ1n) is 7.06. The number of benzene rings is 1. The van der Waals surface area contributed by atoms with Crippen LogP contribution in [0.2, 0.25) is 0 Å². The van der Waals surface area contributed by atoms with E-state index in [4.69, 9.17) is 19.7 Å². The molecule has 134 valence electrons. The predicted molar refractivity (Wildman–Crippen MR) is 84.7 cm³/mol. The van der Waals surface area contributed by atoms with E-state index in [9.17, 15) is 19.2 Å². The summed E-state index contributed by atoms with van der Waals surface area (Å²) >= 11 is 0. The van der Waals surface area contributed by atoms with Gasteiger partial charge in [0.1, 0.15) is 0 Å². The Bertz CT molecular complexity index is 710. The zero-order chi connectivity index (χ0) is 19.0. The van der Waals surface area contributed by atoms with Crippen molar-refractivity contribution in [3.63, 3.8) is 0 Å². The van der Waals surface area contributed by atoms with Crippen molar-refractivity contribution >= 4 is 29.9 Å². The van der Waals surface area contributed by atoms with Crippen molar-refractivity contribution < 1.29 is 38.9 Å². The Balaban J connectivity index is 2.94. The number of aliphatic carboxylic acids is 1. The van der Waals surface area contributed by atoms with Crippen LogP contribution in [0.15, 0.2) is 24.3 Å². The summed E-state index contributed by atoms with van der Waals surface area (Å²) in [6.07, 6.45) is 2.38. The molecule has 0 aliphatic heterocycles. The topological polar surface area (TPSA) is 139 Å². The van der Waals surface area contributed by atoms with Gasteiger partial charge in [0.25, 0.3) is 0 Å². The number of carbonyl (C=O) groups excluding carboxylic acids is 3. The van der Waals surface area contributed by atoms with E-state index in [2.05, 4.69) is 5.32 Å². The smallest absolute Gasteiger partial charge is 0.328 e. The monoisotopic (exact) mass is 351 g/mol. The molecule has 1 amide bonds. The molecule has 1 rings (SSSR count). The average Bonchev–Trinajstić information content (AvgIpc) is 2.51. The molecule has 1 aromatic rings. The van der Waals surface area contributed by atoms with Crippen molar-refractivity contribution in [1.29, 1.82) is 0 Å². The molecule has 1 aromatic carbocycles. The summed E-state index contributed by atoms with van der Waals surface area (Å²) in [6.45, 7) is 1.62. The second-order valence-electron chi connectivity index (χ2n) is 4.81. The summed E-state index contributed by atoms with van der Waals surface area (Å²) in [5, 5.41) is 19.7. The van der Waals surface area contributed by atoms with E-state index in [0.29, 0.717) is 5.56 Å². The largest absolute Gasteiger partial charge is 0.480 e. The molecule has 0 saturated carbocycles. The first-order chi connectivity index (χ1) is 11.7. The van der Waals surface area contributed by atoms with Crippen molar-refractivity contribution in [2.45, 2.75) is 19.9 Å². The van der Waals surface area contributed by atoms with Gasteiger partial charge in [-0.2, -0.15) is 0 Å². The minimum Gasteiger partial charge on any atom is -0.480 e. The fraction of sp³-hybridized carbons (Fsp3) is 0.250. The molecule has 0 spiro atoms. The Morgan fingerprint density at radius 1 is 1.12 bits per heavy atom. The minimum absolute atomic E-state index is 0.0102. The lowest BCUT2D eigenvalue weighted by atomic mass is 10.2. The zero-order valence-electron chi connectivity index (χ0n) is 13.5. The first kappa shape index (κ1) is 19.8. The lowest BCUT2D eigenvalue weighted by Gasteiger charge is -2.10. The van der Waals surface area contributed by atoms with Crippen molar-refractivity contribution in [3.05, 3.63) is 29.8 Å². The molecular formula is C16H17NO8. The van der Waals surface area contributed by atoms with E-state index in [1.54, 1.807) is 0 Å². The standard InChI is InChI=1S/C16H17NO8/c1-9(19)24-13-5-3-11(7-14(13)25-10(2)20)4-6-15(21)17-12(8-18)16(22)23/h3-7,12,18H,8H2,1-2H3,(H,17,21)(H,22,23)/t12-/m0/s1. The van der Waals surface area contributed by atoms with Gasteiger partial charge in [-0.3, -0.25) is 14.4 Å². The van der Waals surface area contributed by atoms with Gasteiger partial charge in [-0.1, -0.05) is 6.07 Å². The van der Waals surface area contributed by atoms with E-state index < -0.39 is 36.5 Å². The van der Waals surface area contributed by atoms with Crippen LogP contribution in [0, 0.1) is 0 Å². The number of esters is 2. The highest BCUT2D eigenvalue weighted by atomic mass is 16.6. The number of carboxylic acids is 1. The summed E-state index contributed by atoms with van der Waals surface area (Å²) in [5.41, 5.74) is 0.429. The van der Waals surface area contributed by atoms with Crippen molar-refractivity contribution in [3.8, 4) is 11.5 Å². The number of ether oxygens (including phenoxy) is 2. The summed E-state index contributed by atoms with van der Waals surface area (Å²) in [6, 6.07) is 2.82. The molecule has 0 unspecified atom stereocenters. The Morgan fingerprint density at radius 2 is 1.72 bits per heavy atom. The van der Waals surface area contributed by atoms with E-state index in [-0.39, 0.29) is 11.5 Å². The summed E-state index contributed by atoms with van der Waals surface area (Å²) in [5.74, 6) is -3.30. The van der Waals surface area contributed by atoms with Crippen molar-refractivity contribution in [2.75, 3.05) is 6.61 Å². The molecule has 0 saturated heterocycles. The maximum absolute atomic E-state index is 11.6. The van der Waals surface area contributed by atoms with Gasteiger partial charge in [-0.25, -0.2) is 4.79 Å². The van der Waals surface area contributed by atoms with Crippen molar-refractivity contribution in [2.24, 2.45) is 0 Å². The third kappa shape index (κ3) is 6.83. The van der Waals surface area contributed by atoms with E-state index >= 15 is 0 Å². The van der Waals surface area contributed by atoms with Crippen LogP contribution in [0.5, 0.6) is 11.5 Å². The third-order valence-corrected chi connectivity index (χ3v) is 2.70. The number of aliphatic hydroxyl groups excluding tert-OH is 1. The fourth-order valence-corrected chi connectivity index (χ4v) is 1.68. The number of carboxylic acid groups (broad SMARTS) is 1. The Labute approximate surface area is 142 Å². The second kappa shape index (κ2) is 9.18. The van der Waals surface area contributed by atoms with Gasteiger partial charge in [0.2, 0.25) is 5.91 Å². The minimum atomic E-state index is -1.42. The molecule has 0 heterocycles. The number of carbonyl (C=O) groups is 4. The van der Waals surface area contributed by atoms with Crippen LogP contribution in [0.3, 0.4) is 0 Å². The highest BCUT2D eigenvalue weighted by Crippen LogP contribution is 2.29. The highest BCUT2D eigenvalue weighted by Gasteiger charge is 2.17. The maximum Gasteiger partial charge on any atom is 0.328 e. The number of rotatable bonds is 7. The van der Waals surface area contributed by atoms with Gasteiger partial charge in [0, 0.05) is 19.9 Å². The van der Waals surface area contributed by atoms with Gasteiger partial charge in [0.15, 0.2) is 17.5 Å². The molecule has 0 fully saturated rings. The molecule has 0 radical (unpaired) electrons. The highest BCUT2D eigenvalue weighted by molar-refractivity contribution is 5.94. The molecule has 0 aliphatic carbocycles. The lowest BCUT2D eigenvalue weighted by molar-refractivity contribution is -0.142. The Hall–Kier alpha value is -3.20. The second-order valence-corrected chi connectivity index (χ2v) is 4.81. The molecule has 25 heavy (non-hydrogen) atoms. The maximum atomic E-state index is 11.6. The van der Waals surface area contributed by atoms with Crippen LogP contribution in [-0.2, 0) is 19.2 Å². The number of aliphatic hydroxyl groups is 1. The van der Waals surface area contributed by atoms with Gasteiger partial charge < -0.3 is 25.0 Å². The molecule has 1 atom stereocenters. The Morgan fingerprint density at radius 3 is 2.24 bits per heavy atom. The molecular weight excluding hydrogens is 334 g/mol. The van der Waals surface area contributed by atoms with Gasteiger partial charge >= 0.3 is 17.9 Å². The summed E-state index contributed by atoms with van der Waals surface area (Å²) < 4.78 is 9.85. The molecule has 9 heteroatoms. The van der Waals surface area contributed by atoms with E-state index in [0.717, 1.165) is 6.08 Å². The zero-order valence-corrected chi connectivity index (χ0v) is 13.5.